The van der Waals surface area contributed by atoms with Crippen LogP contribution >= 0.6 is 7.92 Å². The average Bonchev–Trinajstić information content (AvgIpc) is 2.57. The first-order chi connectivity index (χ1) is 11.2. The van der Waals surface area contributed by atoms with E-state index in [-0.39, 0.29) is 7.92 Å². The molecule has 0 spiro atoms. The van der Waals surface area contributed by atoms with E-state index in [9.17, 15) is 0 Å². The maximum Gasteiger partial charge on any atom is -0.00955 e. The molecule has 1 saturated carbocycles. The summed E-state index contributed by atoms with van der Waals surface area (Å²) in [6.45, 7) is 7.31. The average molecular weight is 324 g/mol. The highest BCUT2D eigenvalue weighted by Gasteiger charge is 2.37. The zero-order valence-corrected chi connectivity index (χ0v) is 15.5. The van der Waals surface area contributed by atoms with Crippen LogP contribution in [0.3, 0.4) is 0 Å². The molecule has 0 nitrogen and oxygen atoms in total. The maximum absolute atomic E-state index is 2.45. The monoisotopic (exact) mass is 324 g/mol. The van der Waals surface area contributed by atoms with Gasteiger partial charge in [0, 0.05) is 0 Å². The van der Waals surface area contributed by atoms with E-state index in [2.05, 4.69) is 81.4 Å². The Balaban J connectivity index is 2.03. The zero-order chi connectivity index (χ0) is 16.2. The molecule has 0 saturated heterocycles. The van der Waals surface area contributed by atoms with E-state index in [1.165, 1.54) is 19.3 Å². The van der Waals surface area contributed by atoms with Gasteiger partial charge in [-0.1, -0.05) is 87.9 Å². The standard InChI is InChI=1S/C22H29P/c1-17(2)21-15-14-18(3)16-22(21)23(19-10-6-4-7-11-19)20-12-8-5-9-13-20/h4-13,17-18,21-22H,14-16H2,1-3H3/t18-,21?,22?/m1/s1. The topological polar surface area (TPSA) is 0 Å². The number of benzene rings is 2. The molecular weight excluding hydrogens is 295 g/mol. The Morgan fingerprint density at radius 3 is 1.83 bits per heavy atom. The van der Waals surface area contributed by atoms with Gasteiger partial charge in [0.2, 0.25) is 0 Å². The molecule has 3 rings (SSSR count). The molecular formula is C22H29P. The van der Waals surface area contributed by atoms with Gasteiger partial charge in [0.05, 0.1) is 0 Å². The van der Waals surface area contributed by atoms with Gasteiger partial charge in [0.15, 0.2) is 0 Å². The molecule has 0 aromatic heterocycles. The lowest BCUT2D eigenvalue weighted by molar-refractivity contribution is 0.242. The molecule has 3 atom stereocenters. The van der Waals surface area contributed by atoms with E-state index in [4.69, 9.17) is 0 Å². The van der Waals surface area contributed by atoms with Crippen LogP contribution in [0.5, 0.6) is 0 Å². The molecule has 0 amide bonds. The predicted molar refractivity (Wildman–Crippen MR) is 104 cm³/mol. The summed E-state index contributed by atoms with van der Waals surface area (Å²) < 4.78 is 0. The van der Waals surface area contributed by atoms with Crippen LogP contribution in [0, 0.1) is 17.8 Å². The van der Waals surface area contributed by atoms with Crippen molar-refractivity contribution in [2.75, 3.05) is 0 Å². The molecule has 23 heavy (non-hydrogen) atoms. The molecule has 2 aromatic carbocycles. The second-order valence-electron chi connectivity index (χ2n) is 7.43. The van der Waals surface area contributed by atoms with Crippen molar-refractivity contribution < 1.29 is 0 Å². The second kappa shape index (κ2) is 7.63. The Labute approximate surface area is 143 Å². The van der Waals surface area contributed by atoms with E-state index >= 15 is 0 Å². The van der Waals surface area contributed by atoms with E-state index in [0.717, 1.165) is 23.4 Å². The summed E-state index contributed by atoms with van der Waals surface area (Å²) in [6, 6.07) is 22.6. The first-order valence-corrected chi connectivity index (χ1v) is 10.5. The van der Waals surface area contributed by atoms with Crippen molar-refractivity contribution in [1.82, 2.24) is 0 Å². The Bertz CT molecular complexity index is 550. The quantitative estimate of drug-likeness (QED) is 0.644. The summed E-state index contributed by atoms with van der Waals surface area (Å²) in [4.78, 5) is 0. The van der Waals surface area contributed by atoms with Crippen molar-refractivity contribution in [3.8, 4) is 0 Å². The SMILES string of the molecule is CC(C)C1CC[C@@H](C)CC1P(c1ccccc1)c1ccccc1. The van der Waals surface area contributed by atoms with Gasteiger partial charge in [0.25, 0.3) is 0 Å². The summed E-state index contributed by atoms with van der Waals surface area (Å²) in [6.07, 6.45) is 4.20. The molecule has 1 aliphatic rings. The molecule has 1 fully saturated rings. The third-order valence-corrected chi connectivity index (χ3v) is 8.35. The molecule has 0 radical (unpaired) electrons. The van der Waals surface area contributed by atoms with Crippen molar-refractivity contribution in [3.05, 3.63) is 60.7 Å². The van der Waals surface area contributed by atoms with E-state index in [1.807, 2.05) is 0 Å². The summed E-state index contributed by atoms with van der Waals surface area (Å²) >= 11 is 0. The fraction of sp³-hybridized carbons (Fsp3) is 0.455. The van der Waals surface area contributed by atoms with E-state index in [0.29, 0.717) is 0 Å². The van der Waals surface area contributed by atoms with Crippen molar-refractivity contribution in [2.24, 2.45) is 17.8 Å². The van der Waals surface area contributed by atoms with Gasteiger partial charge in [-0.15, -0.1) is 0 Å². The van der Waals surface area contributed by atoms with Crippen LogP contribution in [-0.2, 0) is 0 Å². The van der Waals surface area contributed by atoms with Gasteiger partial charge in [-0.3, -0.25) is 0 Å². The third-order valence-electron chi connectivity index (χ3n) is 5.39. The first kappa shape index (κ1) is 16.7. The van der Waals surface area contributed by atoms with Gasteiger partial charge in [-0.2, -0.15) is 0 Å². The minimum atomic E-state index is -0.267. The van der Waals surface area contributed by atoms with Crippen molar-refractivity contribution in [1.29, 1.82) is 0 Å². The van der Waals surface area contributed by atoms with Gasteiger partial charge in [0.1, 0.15) is 0 Å². The molecule has 0 bridgehead atoms. The summed E-state index contributed by atoms with van der Waals surface area (Å²) in [5, 5.41) is 3.11. The number of hydrogen-bond acceptors (Lipinski definition) is 0. The Hall–Kier alpha value is -1.13. The summed E-state index contributed by atoms with van der Waals surface area (Å²) in [7, 11) is -0.267. The van der Waals surface area contributed by atoms with Crippen molar-refractivity contribution in [2.45, 2.75) is 45.7 Å². The van der Waals surface area contributed by atoms with Crippen LogP contribution < -0.4 is 10.6 Å². The Morgan fingerprint density at radius 1 is 0.826 bits per heavy atom. The molecule has 1 heteroatoms. The van der Waals surface area contributed by atoms with E-state index < -0.39 is 0 Å². The van der Waals surface area contributed by atoms with Crippen LogP contribution in [0.25, 0.3) is 0 Å². The second-order valence-corrected chi connectivity index (χ2v) is 9.87. The minimum absolute atomic E-state index is 0.267. The minimum Gasteiger partial charge on any atom is -0.0625 e. The third kappa shape index (κ3) is 3.86. The molecule has 0 N–H and O–H groups in total. The first-order valence-electron chi connectivity index (χ1n) is 9.06. The van der Waals surface area contributed by atoms with Crippen LogP contribution in [-0.4, -0.2) is 5.66 Å². The summed E-state index contributed by atoms with van der Waals surface area (Å²) in [5.41, 5.74) is 0.818. The number of rotatable bonds is 4. The zero-order valence-electron chi connectivity index (χ0n) is 14.7. The van der Waals surface area contributed by atoms with Gasteiger partial charge < -0.3 is 0 Å². The molecule has 2 unspecified atom stereocenters. The maximum atomic E-state index is 2.45. The molecule has 1 aliphatic carbocycles. The van der Waals surface area contributed by atoms with Gasteiger partial charge >= 0.3 is 0 Å². The highest BCUT2D eigenvalue weighted by molar-refractivity contribution is 7.73. The predicted octanol–water partition coefficient (Wildman–Crippen LogP) is 5.58. The highest BCUT2D eigenvalue weighted by Crippen LogP contribution is 2.51. The number of hydrogen-bond donors (Lipinski definition) is 0. The normalized spacial score (nSPS) is 25.0. The Morgan fingerprint density at radius 2 is 1.35 bits per heavy atom. The summed E-state index contributed by atoms with van der Waals surface area (Å²) in [5.74, 6) is 2.51. The van der Waals surface area contributed by atoms with Gasteiger partial charge in [-0.25, -0.2) is 0 Å². The van der Waals surface area contributed by atoms with Gasteiger partial charge in [-0.05, 0) is 54.8 Å². The van der Waals surface area contributed by atoms with Crippen LogP contribution in [0.15, 0.2) is 60.7 Å². The van der Waals surface area contributed by atoms with Crippen molar-refractivity contribution >= 4 is 18.5 Å². The molecule has 2 aromatic rings. The lowest BCUT2D eigenvalue weighted by Gasteiger charge is -2.42. The van der Waals surface area contributed by atoms with Crippen molar-refractivity contribution in [3.63, 3.8) is 0 Å². The largest absolute Gasteiger partial charge is 0.0625 e. The molecule has 122 valence electrons. The lowest BCUT2D eigenvalue weighted by Crippen LogP contribution is -2.35. The molecule has 0 aliphatic heterocycles. The van der Waals surface area contributed by atoms with E-state index in [1.54, 1.807) is 10.6 Å². The van der Waals surface area contributed by atoms with Crippen LogP contribution in [0.1, 0.15) is 40.0 Å². The molecule has 0 heterocycles. The lowest BCUT2D eigenvalue weighted by atomic mass is 9.77. The Kier molecular flexibility index (Phi) is 5.54. The highest BCUT2D eigenvalue weighted by atomic mass is 31.1. The smallest absolute Gasteiger partial charge is 0.00955 e. The van der Waals surface area contributed by atoms with Crippen LogP contribution in [0.4, 0.5) is 0 Å². The van der Waals surface area contributed by atoms with Crippen LogP contribution in [0.2, 0.25) is 0 Å². The fourth-order valence-electron chi connectivity index (χ4n) is 4.16. The fourth-order valence-corrected chi connectivity index (χ4v) is 7.66.